The van der Waals surface area contributed by atoms with E-state index in [2.05, 4.69) is 0 Å². The molecule has 0 aromatic heterocycles. The molecule has 2 saturated heterocycles. The topological polar surface area (TPSA) is 44.5 Å². The number of halogens is 1. The lowest BCUT2D eigenvalue weighted by molar-refractivity contribution is -0.109. The predicted molar refractivity (Wildman–Crippen MR) is 55.4 cm³/mol. The van der Waals surface area contributed by atoms with Crippen LogP contribution in [0.3, 0.4) is 0 Å². The van der Waals surface area contributed by atoms with Crippen LogP contribution in [-0.4, -0.2) is 38.1 Å². The van der Waals surface area contributed by atoms with Crippen molar-refractivity contribution in [3.05, 3.63) is 0 Å². The van der Waals surface area contributed by atoms with Crippen molar-refractivity contribution in [1.29, 1.82) is 0 Å². The zero-order valence-corrected chi connectivity index (χ0v) is 9.08. The van der Waals surface area contributed by atoms with Gasteiger partial charge < -0.3 is 15.2 Å². The molecule has 2 aliphatic heterocycles. The van der Waals surface area contributed by atoms with Gasteiger partial charge in [-0.05, 0) is 31.7 Å². The van der Waals surface area contributed by atoms with Crippen molar-refractivity contribution in [1.82, 2.24) is 0 Å². The molecule has 4 heteroatoms. The van der Waals surface area contributed by atoms with E-state index in [0.29, 0.717) is 26.2 Å². The Morgan fingerprint density at radius 1 is 1.47 bits per heavy atom. The summed E-state index contributed by atoms with van der Waals surface area (Å²) in [5, 5.41) is 0. The first-order chi connectivity index (χ1) is 7.26. The second kappa shape index (κ2) is 4.76. The number of hydrogen-bond donors (Lipinski definition) is 1. The van der Waals surface area contributed by atoms with Gasteiger partial charge in [-0.2, -0.15) is 0 Å². The Morgan fingerprint density at radius 2 is 2.33 bits per heavy atom. The Kier molecular flexibility index (Phi) is 3.59. The van der Waals surface area contributed by atoms with Crippen LogP contribution in [0.4, 0.5) is 4.39 Å². The van der Waals surface area contributed by atoms with E-state index in [1.54, 1.807) is 0 Å². The number of rotatable bonds is 3. The van der Waals surface area contributed by atoms with Gasteiger partial charge in [0.25, 0.3) is 0 Å². The van der Waals surface area contributed by atoms with E-state index in [1.165, 1.54) is 0 Å². The van der Waals surface area contributed by atoms with E-state index in [0.717, 1.165) is 25.9 Å². The van der Waals surface area contributed by atoms with Crippen LogP contribution in [-0.2, 0) is 9.47 Å². The highest BCUT2D eigenvalue weighted by Crippen LogP contribution is 2.38. The van der Waals surface area contributed by atoms with Crippen LogP contribution in [0.2, 0.25) is 0 Å². The van der Waals surface area contributed by atoms with Crippen LogP contribution in [0.25, 0.3) is 0 Å². The second-order valence-corrected chi connectivity index (χ2v) is 4.68. The average Bonchev–Trinajstić information content (AvgIpc) is 2.67. The lowest BCUT2D eigenvalue weighted by Crippen LogP contribution is -2.43. The fraction of sp³-hybridized carbons (Fsp3) is 1.00. The van der Waals surface area contributed by atoms with Gasteiger partial charge in [0, 0.05) is 19.6 Å². The third kappa shape index (κ3) is 2.49. The molecule has 3 unspecified atom stereocenters. The molecule has 2 N–H and O–H groups in total. The maximum Gasteiger partial charge on any atom is 0.104 e. The minimum absolute atomic E-state index is 0.115. The van der Waals surface area contributed by atoms with Gasteiger partial charge in [-0.1, -0.05) is 0 Å². The first-order valence-corrected chi connectivity index (χ1v) is 5.82. The Hall–Kier alpha value is -0.190. The lowest BCUT2D eigenvalue weighted by atomic mass is 9.82. The predicted octanol–water partition coefficient (Wildman–Crippen LogP) is 1.26. The summed E-state index contributed by atoms with van der Waals surface area (Å²) < 4.78 is 24.9. The molecular weight excluding hydrogens is 197 g/mol. The van der Waals surface area contributed by atoms with Crippen molar-refractivity contribution in [2.24, 2.45) is 11.7 Å². The van der Waals surface area contributed by atoms with E-state index in [4.69, 9.17) is 15.2 Å². The smallest absolute Gasteiger partial charge is 0.104 e. The van der Waals surface area contributed by atoms with Crippen molar-refractivity contribution in [3.8, 4) is 0 Å². The zero-order chi connectivity index (χ0) is 10.7. The molecule has 2 rings (SSSR count). The fourth-order valence-corrected chi connectivity index (χ4v) is 2.63. The maximum absolute atomic E-state index is 13.7. The minimum Gasteiger partial charge on any atom is -0.378 e. The summed E-state index contributed by atoms with van der Waals surface area (Å²) in [7, 11) is 0. The Bertz CT molecular complexity index is 207. The summed E-state index contributed by atoms with van der Waals surface area (Å²) >= 11 is 0. The van der Waals surface area contributed by atoms with E-state index in [-0.39, 0.29) is 11.5 Å². The van der Waals surface area contributed by atoms with E-state index in [9.17, 15) is 4.39 Å². The SMILES string of the molecule is NCCC(F)C1CCOC2(CCOC2)C1. The van der Waals surface area contributed by atoms with Crippen molar-refractivity contribution >= 4 is 0 Å². The molecule has 2 aliphatic rings. The molecule has 0 aromatic carbocycles. The van der Waals surface area contributed by atoms with Gasteiger partial charge in [0.2, 0.25) is 0 Å². The monoisotopic (exact) mass is 217 g/mol. The Morgan fingerprint density at radius 3 is 3.00 bits per heavy atom. The molecule has 2 fully saturated rings. The van der Waals surface area contributed by atoms with Crippen LogP contribution in [0.5, 0.6) is 0 Å². The molecule has 0 amide bonds. The van der Waals surface area contributed by atoms with Gasteiger partial charge in [-0.3, -0.25) is 0 Å². The van der Waals surface area contributed by atoms with Crippen LogP contribution in [0.1, 0.15) is 25.7 Å². The molecule has 1 spiro atoms. The quantitative estimate of drug-likeness (QED) is 0.774. The summed E-state index contributed by atoms with van der Waals surface area (Å²) in [5.41, 5.74) is 5.21. The highest BCUT2D eigenvalue weighted by molar-refractivity contribution is 4.92. The lowest BCUT2D eigenvalue weighted by Gasteiger charge is -2.38. The Labute approximate surface area is 90.1 Å². The molecule has 3 nitrogen and oxygen atoms in total. The summed E-state index contributed by atoms with van der Waals surface area (Å²) in [6.45, 7) is 2.49. The zero-order valence-electron chi connectivity index (χ0n) is 9.08. The first-order valence-electron chi connectivity index (χ1n) is 5.82. The fourth-order valence-electron chi connectivity index (χ4n) is 2.63. The molecule has 0 aromatic rings. The molecule has 0 bridgehead atoms. The van der Waals surface area contributed by atoms with Crippen molar-refractivity contribution < 1.29 is 13.9 Å². The van der Waals surface area contributed by atoms with Gasteiger partial charge >= 0.3 is 0 Å². The van der Waals surface area contributed by atoms with Crippen LogP contribution in [0, 0.1) is 5.92 Å². The van der Waals surface area contributed by atoms with E-state index >= 15 is 0 Å². The molecule has 3 atom stereocenters. The number of nitrogens with two attached hydrogens (primary N) is 1. The molecule has 15 heavy (non-hydrogen) atoms. The molecule has 0 saturated carbocycles. The van der Waals surface area contributed by atoms with Crippen LogP contribution in [0.15, 0.2) is 0 Å². The average molecular weight is 217 g/mol. The van der Waals surface area contributed by atoms with E-state index in [1.807, 2.05) is 0 Å². The van der Waals surface area contributed by atoms with Gasteiger partial charge in [0.05, 0.1) is 12.2 Å². The standard InChI is InChI=1S/C11H20FNO2/c12-10(1-4-13)9-2-5-15-11(7-9)3-6-14-8-11/h9-10H,1-8,13H2. The summed E-state index contributed by atoms with van der Waals surface area (Å²) in [6.07, 6.45) is 2.24. The second-order valence-electron chi connectivity index (χ2n) is 4.68. The molecular formula is C11H20FNO2. The highest BCUT2D eigenvalue weighted by atomic mass is 19.1. The van der Waals surface area contributed by atoms with Gasteiger partial charge in [0.1, 0.15) is 6.17 Å². The summed E-state index contributed by atoms with van der Waals surface area (Å²) in [5.74, 6) is 0.115. The van der Waals surface area contributed by atoms with Gasteiger partial charge in [-0.15, -0.1) is 0 Å². The van der Waals surface area contributed by atoms with Crippen molar-refractivity contribution in [2.75, 3.05) is 26.4 Å². The number of alkyl halides is 1. The molecule has 2 heterocycles. The largest absolute Gasteiger partial charge is 0.378 e. The number of hydrogen-bond acceptors (Lipinski definition) is 3. The third-order valence-electron chi connectivity index (χ3n) is 3.55. The van der Waals surface area contributed by atoms with Crippen molar-refractivity contribution in [2.45, 2.75) is 37.5 Å². The normalized spacial score (nSPS) is 38.4. The summed E-state index contributed by atoms with van der Waals surface area (Å²) in [6, 6.07) is 0. The van der Waals surface area contributed by atoms with E-state index < -0.39 is 6.17 Å². The van der Waals surface area contributed by atoms with Gasteiger partial charge in [-0.25, -0.2) is 4.39 Å². The highest BCUT2D eigenvalue weighted by Gasteiger charge is 2.42. The third-order valence-corrected chi connectivity index (χ3v) is 3.55. The van der Waals surface area contributed by atoms with Crippen LogP contribution < -0.4 is 5.73 Å². The molecule has 0 aliphatic carbocycles. The minimum atomic E-state index is -0.767. The van der Waals surface area contributed by atoms with Gasteiger partial charge in [0.15, 0.2) is 0 Å². The summed E-state index contributed by atoms with van der Waals surface area (Å²) in [4.78, 5) is 0. The maximum atomic E-state index is 13.7. The first kappa shape index (κ1) is 11.3. The van der Waals surface area contributed by atoms with Crippen LogP contribution >= 0.6 is 0 Å². The molecule has 88 valence electrons. The number of ether oxygens (including phenoxy) is 2. The van der Waals surface area contributed by atoms with Crippen molar-refractivity contribution in [3.63, 3.8) is 0 Å². The molecule has 0 radical (unpaired) electrons. The Balaban J connectivity index is 1.91.